The van der Waals surface area contributed by atoms with Crippen LogP contribution < -0.4 is 5.32 Å². The topological polar surface area (TPSA) is 59.0 Å². The fourth-order valence-electron chi connectivity index (χ4n) is 2.48. The van der Waals surface area contributed by atoms with Gasteiger partial charge in [0, 0.05) is 25.0 Å². The van der Waals surface area contributed by atoms with E-state index in [1.807, 2.05) is 0 Å². The Morgan fingerprint density at radius 2 is 2.23 bits per heavy atom. The van der Waals surface area contributed by atoms with E-state index in [2.05, 4.69) is 10.3 Å². The van der Waals surface area contributed by atoms with E-state index < -0.39 is 0 Å². The predicted molar refractivity (Wildman–Crippen MR) is 82.2 cm³/mol. The summed E-state index contributed by atoms with van der Waals surface area (Å²) in [5.74, 6) is -0.581. The van der Waals surface area contributed by atoms with Gasteiger partial charge in [-0.05, 0) is 49.3 Å². The number of rotatable bonds is 4. The number of amides is 1. The maximum atomic E-state index is 13.0. The molecule has 1 aliphatic rings. The molecule has 0 spiro atoms. The van der Waals surface area contributed by atoms with Crippen LogP contribution in [0.15, 0.2) is 30.5 Å². The van der Waals surface area contributed by atoms with Crippen molar-refractivity contribution in [2.24, 2.45) is 0 Å². The van der Waals surface area contributed by atoms with E-state index in [0.29, 0.717) is 22.7 Å². The normalized spacial score (nSPS) is 17.6. The van der Waals surface area contributed by atoms with Crippen molar-refractivity contribution in [1.29, 1.82) is 0 Å². The minimum Gasteiger partial charge on any atom is -0.376 e. The lowest BCUT2D eigenvalue weighted by Crippen LogP contribution is -2.32. The molecule has 0 bridgehead atoms. The second-order valence-corrected chi connectivity index (χ2v) is 5.52. The fraction of sp³-hybridized carbons (Fsp3) is 0.333. The zero-order valence-electron chi connectivity index (χ0n) is 11.8. The van der Waals surface area contributed by atoms with E-state index in [9.17, 15) is 9.18 Å². The first kappa shape index (κ1) is 14.9. The largest absolute Gasteiger partial charge is 0.376 e. The van der Waals surface area contributed by atoms with Crippen LogP contribution in [0, 0.1) is 10.6 Å². The average molecular weight is 321 g/mol. The number of halogens is 1. The third-order valence-corrected chi connectivity index (χ3v) is 3.91. The molecule has 0 saturated carbocycles. The van der Waals surface area contributed by atoms with Gasteiger partial charge in [-0.1, -0.05) is 0 Å². The number of aromatic nitrogens is 2. The van der Waals surface area contributed by atoms with E-state index in [1.54, 1.807) is 22.9 Å². The van der Waals surface area contributed by atoms with Gasteiger partial charge < -0.3 is 15.0 Å². The highest BCUT2D eigenvalue weighted by atomic mass is 32.1. The summed E-state index contributed by atoms with van der Waals surface area (Å²) in [6, 6.07) is 5.82. The lowest BCUT2D eigenvalue weighted by molar-refractivity contribution is 0.0852. The van der Waals surface area contributed by atoms with Gasteiger partial charge in [-0.25, -0.2) is 4.39 Å². The van der Waals surface area contributed by atoms with Gasteiger partial charge in [0.15, 0.2) is 4.77 Å². The number of imidazole rings is 1. The molecule has 0 aliphatic carbocycles. The number of benzene rings is 1. The van der Waals surface area contributed by atoms with Gasteiger partial charge in [0.1, 0.15) is 11.5 Å². The highest BCUT2D eigenvalue weighted by Crippen LogP contribution is 2.14. The molecular formula is C15H16FN3O2S. The molecule has 2 N–H and O–H groups in total. The highest BCUT2D eigenvalue weighted by Gasteiger charge is 2.19. The fourth-order valence-corrected chi connectivity index (χ4v) is 2.75. The van der Waals surface area contributed by atoms with Gasteiger partial charge in [0.25, 0.3) is 5.91 Å². The Balaban J connectivity index is 1.80. The standard InChI is InChI=1S/C15H16FN3O2S/c16-10-3-5-11(6-4-10)19-13(9-18-15(19)22)14(20)17-8-12-2-1-7-21-12/h3-6,9,12H,1-2,7-8H2,(H,17,20)(H,18,22). The van der Waals surface area contributed by atoms with Crippen molar-refractivity contribution in [2.75, 3.05) is 13.2 Å². The Morgan fingerprint density at radius 1 is 1.45 bits per heavy atom. The third-order valence-electron chi connectivity index (χ3n) is 3.61. The van der Waals surface area contributed by atoms with Crippen molar-refractivity contribution in [3.63, 3.8) is 0 Å². The molecule has 1 aromatic carbocycles. The third kappa shape index (κ3) is 3.10. The first-order valence-corrected chi connectivity index (χ1v) is 7.52. The Hall–Kier alpha value is -1.99. The molecule has 1 unspecified atom stereocenters. The van der Waals surface area contributed by atoms with Crippen molar-refractivity contribution in [3.05, 3.63) is 46.7 Å². The summed E-state index contributed by atoms with van der Waals surface area (Å²) in [6.45, 7) is 1.22. The zero-order valence-corrected chi connectivity index (χ0v) is 12.7. The van der Waals surface area contributed by atoms with Crippen LogP contribution in [-0.4, -0.2) is 34.7 Å². The van der Waals surface area contributed by atoms with Crippen LogP contribution in [0.25, 0.3) is 5.69 Å². The number of aromatic amines is 1. The molecule has 1 fully saturated rings. The predicted octanol–water partition coefficient (Wildman–Crippen LogP) is 2.58. The number of hydrogen-bond donors (Lipinski definition) is 2. The molecule has 2 aromatic rings. The van der Waals surface area contributed by atoms with E-state index >= 15 is 0 Å². The van der Waals surface area contributed by atoms with Crippen LogP contribution in [-0.2, 0) is 4.74 Å². The second kappa shape index (κ2) is 6.41. The minimum atomic E-state index is -0.338. The maximum Gasteiger partial charge on any atom is 0.269 e. The van der Waals surface area contributed by atoms with Crippen LogP contribution in [0.5, 0.6) is 0 Å². The minimum absolute atomic E-state index is 0.0742. The van der Waals surface area contributed by atoms with Crippen molar-refractivity contribution in [3.8, 4) is 5.69 Å². The van der Waals surface area contributed by atoms with Gasteiger partial charge in [-0.3, -0.25) is 9.36 Å². The summed E-state index contributed by atoms with van der Waals surface area (Å²) < 4.78 is 20.5. The highest BCUT2D eigenvalue weighted by molar-refractivity contribution is 7.71. The molecule has 1 amide bonds. The summed E-state index contributed by atoms with van der Waals surface area (Å²) in [5.41, 5.74) is 1.02. The zero-order chi connectivity index (χ0) is 15.5. The van der Waals surface area contributed by atoms with Crippen molar-refractivity contribution >= 4 is 18.1 Å². The van der Waals surface area contributed by atoms with Crippen molar-refractivity contribution in [2.45, 2.75) is 18.9 Å². The SMILES string of the molecule is O=C(NCC1CCCO1)c1c[nH]c(=S)n1-c1ccc(F)cc1. The number of nitrogens with one attached hydrogen (secondary N) is 2. The maximum absolute atomic E-state index is 13.0. The number of H-pyrrole nitrogens is 1. The lowest BCUT2D eigenvalue weighted by atomic mass is 10.2. The molecule has 7 heteroatoms. The molecule has 116 valence electrons. The van der Waals surface area contributed by atoms with E-state index in [1.165, 1.54) is 12.1 Å². The molecular weight excluding hydrogens is 305 g/mol. The van der Waals surface area contributed by atoms with E-state index in [4.69, 9.17) is 17.0 Å². The van der Waals surface area contributed by atoms with Crippen LogP contribution >= 0.6 is 12.2 Å². The Labute approximate surface area is 132 Å². The van der Waals surface area contributed by atoms with Gasteiger partial charge >= 0.3 is 0 Å². The quantitative estimate of drug-likeness (QED) is 0.851. The first-order chi connectivity index (χ1) is 10.6. The van der Waals surface area contributed by atoms with Crippen LogP contribution in [0.4, 0.5) is 4.39 Å². The van der Waals surface area contributed by atoms with Crippen LogP contribution in [0.1, 0.15) is 23.3 Å². The molecule has 2 heterocycles. The number of nitrogens with zero attached hydrogens (tertiary/aromatic N) is 1. The van der Waals surface area contributed by atoms with Crippen LogP contribution in [0.3, 0.4) is 0 Å². The lowest BCUT2D eigenvalue weighted by Gasteiger charge is -2.12. The number of hydrogen-bond acceptors (Lipinski definition) is 3. The van der Waals surface area contributed by atoms with Crippen molar-refractivity contribution < 1.29 is 13.9 Å². The Bertz CT molecular complexity index is 717. The van der Waals surface area contributed by atoms with E-state index in [-0.39, 0.29) is 17.8 Å². The molecule has 1 aromatic heterocycles. The Kier molecular flexibility index (Phi) is 4.35. The van der Waals surface area contributed by atoms with Gasteiger partial charge in [-0.15, -0.1) is 0 Å². The van der Waals surface area contributed by atoms with Gasteiger partial charge in [-0.2, -0.15) is 0 Å². The average Bonchev–Trinajstić information content (AvgIpc) is 3.15. The first-order valence-electron chi connectivity index (χ1n) is 7.11. The summed E-state index contributed by atoms with van der Waals surface area (Å²) in [4.78, 5) is 15.2. The number of carbonyl (C=O) groups is 1. The number of carbonyl (C=O) groups excluding carboxylic acids is 1. The van der Waals surface area contributed by atoms with Gasteiger partial charge in [0.2, 0.25) is 0 Å². The van der Waals surface area contributed by atoms with Gasteiger partial charge in [0.05, 0.1) is 6.10 Å². The smallest absolute Gasteiger partial charge is 0.269 e. The molecule has 1 atom stereocenters. The molecule has 0 radical (unpaired) electrons. The Morgan fingerprint density at radius 3 is 2.91 bits per heavy atom. The monoisotopic (exact) mass is 321 g/mol. The molecule has 1 aliphatic heterocycles. The summed E-state index contributed by atoms with van der Waals surface area (Å²) >= 11 is 5.21. The molecule has 22 heavy (non-hydrogen) atoms. The van der Waals surface area contributed by atoms with Crippen LogP contribution in [0.2, 0.25) is 0 Å². The summed E-state index contributed by atoms with van der Waals surface area (Å²) in [5, 5.41) is 2.85. The second-order valence-electron chi connectivity index (χ2n) is 5.14. The molecule has 1 saturated heterocycles. The molecule has 3 rings (SSSR count). The number of ether oxygens (including phenoxy) is 1. The summed E-state index contributed by atoms with van der Waals surface area (Å²) in [7, 11) is 0. The van der Waals surface area contributed by atoms with Crippen molar-refractivity contribution in [1.82, 2.24) is 14.9 Å². The summed E-state index contributed by atoms with van der Waals surface area (Å²) in [6.07, 6.45) is 3.61. The molecule has 5 nitrogen and oxygen atoms in total. The van der Waals surface area contributed by atoms with E-state index in [0.717, 1.165) is 19.4 Å².